The van der Waals surface area contributed by atoms with Crippen LogP contribution in [0.4, 0.5) is 5.69 Å². The molecule has 2 aromatic rings. The summed E-state index contributed by atoms with van der Waals surface area (Å²) in [5.41, 5.74) is 0.995. The average Bonchev–Trinajstić information content (AvgIpc) is 2.93. The predicted molar refractivity (Wildman–Crippen MR) is 66.2 cm³/mol. The fourth-order valence-corrected chi connectivity index (χ4v) is 2.27. The molecule has 1 saturated heterocycles. The quantitative estimate of drug-likeness (QED) is 0.613. The number of ether oxygens (including phenoxy) is 1. The molecule has 18 heavy (non-hydrogen) atoms. The van der Waals surface area contributed by atoms with E-state index in [0.717, 1.165) is 11.4 Å². The summed E-state index contributed by atoms with van der Waals surface area (Å²) in [5.74, 6) is 0.550. The number of benzene rings is 1. The summed E-state index contributed by atoms with van der Waals surface area (Å²) in [6, 6.07) is 13.1. The van der Waals surface area contributed by atoms with Crippen molar-refractivity contribution < 1.29 is 13.9 Å². The van der Waals surface area contributed by atoms with Crippen LogP contribution in [0.25, 0.3) is 0 Å². The van der Waals surface area contributed by atoms with Gasteiger partial charge in [0.1, 0.15) is 11.8 Å². The van der Waals surface area contributed by atoms with Crippen LogP contribution in [0.1, 0.15) is 11.8 Å². The molecule has 1 aromatic heterocycles. The Morgan fingerprint density at radius 2 is 2.00 bits per heavy atom. The van der Waals surface area contributed by atoms with Gasteiger partial charge in [0.05, 0.1) is 13.4 Å². The maximum Gasteiger partial charge on any atom is 0.331 e. The largest absolute Gasteiger partial charge is 0.467 e. The van der Waals surface area contributed by atoms with Gasteiger partial charge in [-0.05, 0) is 24.3 Å². The molecule has 1 aliphatic heterocycles. The highest BCUT2D eigenvalue weighted by molar-refractivity contribution is 5.88. The number of anilines is 1. The van der Waals surface area contributed by atoms with Gasteiger partial charge in [-0.3, -0.25) is 0 Å². The SMILES string of the molecule is COC(=O)[C@H]1[C@H](c2ccco2)N1c1ccccc1. The third-order valence-electron chi connectivity index (χ3n) is 3.14. The third-order valence-corrected chi connectivity index (χ3v) is 3.14. The third kappa shape index (κ3) is 1.66. The number of esters is 1. The van der Waals surface area contributed by atoms with Crippen LogP contribution in [-0.2, 0) is 9.53 Å². The summed E-state index contributed by atoms with van der Waals surface area (Å²) in [7, 11) is 1.41. The summed E-state index contributed by atoms with van der Waals surface area (Å²) in [4.78, 5) is 13.7. The lowest BCUT2D eigenvalue weighted by Gasteiger charge is -2.04. The van der Waals surface area contributed by atoms with Gasteiger partial charge in [-0.15, -0.1) is 0 Å². The maximum absolute atomic E-state index is 11.8. The summed E-state index contributed by atoms with van der Waals surface area (Å²) in [5, 5.41) is 0. The first-order valence-corrected chi connectivity index (χ1v) is 5.77. The molecule has 1 fully saturated rings. The van der Waals surface area contributed by atoms with Crippen molar-refractivity contribution in [2.45, 2.75) is 12.1 Å². The number of para-hydroxylation sites is 1. The molecule has 0 saturated carbocycles. The molecule has 1 aromatic carbocycles. The van der Waals surface area contributed by atoms with E-state index < -0.39 is 0 Å². The zero-order valence-corrected chi connectivity index (χ0v) is 9.95. The molecular weight excluding hydrogens is 230 g/mol. The first-order chi connectivity index (χ1) is 8.83. The van der Waals surface area contributed by atoms with E-state index in [1.807, 2.05) is 47.4 Å². The minimum absolute atomic E-state index is 0.0603. The van der Waals surface area contributed by atoms with Gasteiger partial charge >= 0.3 is 5.97 Å². The second-order valence-corrected chi connectivity index (χ2v) is 4.17. The molecule has 0 amide bonds. The zero-order chi connectivity index (χ0) is 12.5. The Morgan fingerprint density at radius 1 is 1.22 bits per heavy atom. The van der Waals surface area contributed by atoms with E-state index in [1.165, 1.54) is 7.11 Å². The van der Waals surface area contributed by atoms with Crippen molar-refractivity contribution >= 4 is 11.7 Å². The molecule has 2 heterocycles. The van der Waals surface area contributed by atoms with Gasteiger partial charge < -0.3 is 14.1 Å². The lowest BCUT2D eigenvalue weighted by atomic mass is 10.2. The molecule has 0 radical (unpaired) electrons. The number of carbonyl (C=O) groups is 1. The number of furan rings is 1. The van der Waals surface area contributed by atoms with E-state index in [0.29, 0.717) is 0 Å². The lowest BCUT2D eigenvalue weighted by molar-refractivity contribution is -0.139. The molecule has 0 aliphatic carbocycles. The average molecular weight is 243 g/mol. The molecule has 0 spiro atoms. The Labute approximate surface area is 105 Å². The van der Waals surface area contributed by atoms with Crippen molar-refractivity contribution in [2.75, 3.05) is 12.0 Å². The Hall–Kier alpha value is -2.23. The van der Waals surface area contributed by atoms with Crippen molar-refractivity contribution in [3.63, 3.8) is 0 Å². The Bertz CT molecular complexity index is 535. The highest BCUT2D eigenvalue weighted by atomic mass is 16.5. The first-order valence-electron chi connectivity index (χ1n) is 5.77. The standard InChI is InChI=1S/C14H13NO3/c1-17-14(16)13-12(11-8-5-9-18-11)15(13)10-6-3-2-4-7-10/h2-9,12-13H,1H3/t12-,13+,15?/m0/s1. The van der Waals surface area contributed by atoms with Gasteiger partial charge in [-0.25, -0.2) is 4.79 Å². The molecule has 2 atom stereocenters. The summed E-state index contributed by atoms with van der Waals surface area (Å²) in [6.07, 6.45) is 1.62. The van der Waals surface area contributed by atoms with Gasteiger partial charge in [-0.2, -0.15) is 0 Å². The van der Waals surface area contributed by atoms with E-state index in [4.69, 9.17) is 9.15 Å². The highest BCUT2D eigenvalue weighted by Crippen LogP contribution is 2.47. The van der Waals surface area contributed by atoms with Crippen LogP contribution < -0.4 is 4.90 Å². The topological polar surface area (TPSA) is 42.4 Å². The first kappa shape index (κ1) is 10.9. The normalized spacial score (nSPS) is 21.7. The van der Waals surface area contributed by atoms with Crippen molar-refractivity contribution in [1.82, 2.24) is 0 Å². The van der Waals surface area contributed by atoms with E-state index in [-0.39, 0.29) is 18.1 Å². The van der Waals surface area contributed by atoms with Crippen LogP contribution >= 0.6 is 0 Å². The molecule has 3 rings (SSSR count). The van der Waals surface area contributed by atoms with Crippen molar-refractivity contribution in [3.05, 3.63) is 54.5 Å². The number of nitrogens with zero attached hydrogens (tertiary/aromatic N) is 1. The maximum atomic E-state index is 11.8. The number of hydrogen-bond donors (Lipinski definition) is 0. The molecule has 0 bridgehead atoms. The summed E-state index contributed by atoms with van der Waals surface area (Å²) < 4.78 is 10.2. The molecule has 0 N–H and O–H groups in total. The number of rotatable bonds is 3. The Balaban J connectivity index is 1.91. The lowest BCUT2D eigenvalue weighted by Crippen LogP contribution is -2.13. The number of hydrogen-bond acceptors (Lipinski definition) is 4. The second kappa shape index (κ2) is 4.22. The van der Waals surface area contributed by atoms with Gasteiger partial charge in [-0.1, -0.05) is 18.2 Å². The Morgan fingerprint density at radius 3 is 2.61 bits per heavy atom. The molecule has 4 nitrogen and oxygen atoms in total. The van der Waals surface area contributed by atoms with Crippen molar-refractivity contribution in [3.8, 4) is 0 Å². The van der Waals surface area contributed by atoms with E-state index in [9.17, 15) is 4.79 Å². The van der Waals surface area contributed by atoms with Crippen LogP contribution in [0.3, 0.4) is 0 Å². The summed E-state index contributed by atoms with van der Waals surface area (Å²) >= 11 is 0. The molecule has 1 aliphatic rings. The van der Waals surface area contributed by atoms with Gasteiger partial charge in [0.2, 0.25) is 0 Å². The minimum atomic E-state index is -0.288. The molecular formula is C14H13NO3. The van der Waals surface area contributed by atoms with Crippen LogP contribution in [0, 0.1) is 0 Å². The van der Waals surface area contributed by atoms with E-state index in [2.05, 4.69) is 0 Å². The van der Waals surface area contributed by atoms with Crippen LogP contribution in [0.2, 0.25) is 0 Å². The van der Waals surface area contributed by atoms with Crippen LogP contribution in [0.5, 0.6) is 0 Å². The smallest absolute Gasteiger partial charge is 0.331 e. The monoisotopic (exact) mass is 243 g/mol. The Kier molecular flexibility index (Phi) is 2.55. The molecule has 4 heteroatoms. The number of carbonyl (C=O) groups excluding carboxylic acids is 1. The minimum Gasteiger partial charge on any atom is -0.467 e. The molecule has 0 unspecified atom stereocenters. The highest BCUT2D eigenvalue weighted by Gasteiger charge is 2.56. The van der Waals surface area contributed by atoms with E-state index >= 15 is 0 Å². The van der Waals surface area contributed by atoms with Gasteiger partial charge in [0.25, 0.3) is 0 Å². The molecule has 92 valence electrons. The van der Waals surface area contributed by atoms with Gasteiger partial charge in [0.15, 0.2) is 6.04 Å². The summed E-state index contributed by atoms with van der Waals surface area (Å²) in [6.45, 7) is 0. The van der Waals surface area contributed by atoms with E-state index in [1.54, 1.807) is 6.26 Å². The number of methoxy groups -OCH3 is 1. The van der Waals surface area contributed by atoms with Crippen molar-refractivity contribution in [2.24, 2.45) is 0 Å². The second-order valence-electron chi connectivity index (χ2n) is 4.17. The van der Waals surface area contributed by atoms with Crippen LogP contribution in [-0.4, -0.2) is 19.1 Å². The zero-order valence-electron chi connectivity index (χ0n) is 9.95. The van der Waals surface area contributed by atoms with Crippen molar-refractivity contribution in [1.29, 1.82) is 0 Å². The predicted octanol–water partition coefficient (Wildman–Crippen LogP) is 2.38. The van der Waals surface area contributed by atoms with Gasteiger partial charge in [0, 0.05) is 5.69 Å². The fourth-order valence-electron chi connectivity index (χ4n) is 2.27. The van der Waals surface area contributed by atoms with Crippen LogP contribution in [0.15, 0.2) is 53.1 Å². The fraction of sp³-hybridized carbons (Fsp3) is 0.214.